The molecule has 188 valence electrons. The largest absolute Gasteiger partial charge is 0.465 e. The average molecular weight is 494 g/mol. The highest BCUT2D eigenvalue weighted by Crippen LogP contribution is 2.33. The summed E-state index contributed by atoms with van der Waals surface area (Å²) in [6, 6.07) is 1.34. The SMILES string of the molecule is CC(=O)N[C@@H]1CC(NC(=O)O)CC[C@@H]1N1CCC(Nc2ncnc3ccc(C(F)(F)F)cc23)C1=O. The number of alkyl halides is 3. The Morgan fingerprint density at radius 2 is 1.91 bits per heavy atom. The molecule has 3 amide bonds. The van der Waals surface area contributed by atoms with Gasteiger partial charge in [0.1, 0.15) is 18.2 Å². The number of rotatable bonds is 5. The number of amides is 3. The van der Waals surface area contributed by atoms with Crippen LogP contribution in [0.1, 0.15) is 38.2 Å². The van der Waals surface area contributed by atoms with E-state index in [1.165, 1.54) is 19.3 Å². The van der Waals surface area contributed by atoms with Gasteiger partial charge in [0.2, 0.25) is 11.8 Å². The molecule has 13 heteroatoms. The maximum absolute atomic E-state index is 13.3. The second-order valence-electron chi connectivity index (χ2n) is 8.80. The number of halogens is 3. The summed E-state index contributed by atoms with van der Waals surface area (Å²) in [6.45, 7) is 1.74. The molecule has 1 saturated carbocycles. The van der Waals surface area contributed by atoms with E-state index in [1.54, 1.807) is 4.90 Å². The first-order valence-corrected chi connectivity index (χ1v) is 11.2. The number of nitrogens with zero attached hydrogens (tertiary/aromatic N) is 3. The average Bonchev–Trinajstić information content (AvgIpc) is 3.12. The molecule has 1 aliphatic heterocycles. The van der Waals surface area contributed by atoms with Crippen molar-refractivity contribution in [2.75, 3.05) is 11.9 Å². The minimum absolute atomic E-state index is 0.133. The molecule has 4 rings (SSSR count). The maximum atomic E-state index is 13.3. The molecule has 4 atom stereocenters. The molecular formula is C22H25F3N6O4. The summed E-state index contributed by atoms with van der Waals surface area (Å²) in [4.78, 5) is 45.8. The van der Waals surface area contributed by atoms with Crippen LogP contribution in [-0.2, 0) is 15.8 Å². The van der Waals surface area contributed by atoms with Crippen molar-refractivity contribution in [3.8, 4) is 0 Å². The number of fused-ring (bicyclic) bond motifs is 1. The summed E-state index contributed by atoms with van der Waals surface area (Å²) in [6.07, 6.45) is -2.74. The van der Waals surface area contributed by atoms with Crippen LogP contribution in [0.2, 0.25) is 0 Å². The highest BCUT2D eigenvalue weighted by Gasteiger charge is 2.42. The number of hydrogen-bond acceptors (Lipinski definition) is 6. The molecule has 0 bridgehead atoms. The topological polar surface area (TPSA) is 137 Å². The van der Waals surface area contributed by atoms with Crippen molar-refractivity contribution in [1.82, 2.24) is 25.5 Å². The first-order chi connectivity index (χ1) is 16.5. The molecule has 1 aromatic carbocycles. The quantitative estimate of drug-likeness (QED) is 0.501. The Labute approximate surface area is 198 Å². The van der Waals surface area contributed by atoms with Gasteiger partial charge in [-0.15, -0.1) is 0 Å². The Balaban J connectivity index is 1.52. The van der Waals surface area contributed by atoms with Crippen LogP contribution in [0.5, 0.6) is 0 Å². The second kappa shape index (κ2) is 9.55. The van der Waals surface area contributed by atoms with E-state index >= 15 is 0 Å². The summed E-state index contributed by atoms with van der Waals surface area (Å²) in [5, 5.41) is 17.4. The van der Waals surface area contributed by atoms with E-state index in [9.17, 15) is 27.6 Å². The highest BCUT2D eigenvalue weighted by molar-refractivity contribution is 5.93. The molecule has 0 radical (unpaired) electrons. The first-order valence-electron chi connectivity index (χ1n) is 11.2. The van der Waals surface area contributed by atoms with E-state index in [2.05, 4.69) is 25.9 Å². The van der Waals surface area contributed by atoms with Crippen molar-refractivity contribution >= 4 is 34.6 Å². The van der Waals surface area contributed by atoms with Gasteiger partial charge < -0.3 is 26.0 Å². The number of nitrogens with one attached hydrogen (secondary N) is 3. The number of likely N-dealkylation sites (tertiary alicyclic amines) is 1. The predicted molar refractivity (Wildman–Crippen MR) is 118 cm³/mol. The van der Waals surface area contributed by atoms with Crippen molar-refractivity contribution in [3.63, 3.8) is 0 Å². The van der Waals surface area contributed by atoms with Crippen molar-refractivity contribution in [2.45, 2.75) is 63.0 Å². The summed E-state index contributed by atoms with van der Waals surface area (Å²) < 4.78 is 39.6. The van der Waals surface area contributed by atoms with Crippen LogP contribution in [-0.4, -0.2) is 68.6 Å². The van der Waals surface area contributed by atoms with E-state index < -0.39 is 29.9 Å². The van der Waals surface area contributed by atoms with E-state index in [4.69, 9.17) is 5.11 Å². The molecule has 10 nitrogen and oxygen atoms in total. The van der Waals surface area contributed by atoms with Gasteiger partial charge in [0.25, 0.3) is 0 Å². The molecule has 2 unspecified atom stereocenters. The van der Waals surface area contributed by atoms with E-state index in [-0.39, 0.29) is 35.1 Å². The molecule has 35 heavy (non-hydrogen) atoms. The predicted octanol–water partition coefficient (Wildman–Crippen LogP) is 2.35. The third kappa shape index (κ3) is 5.38. The summed E-state index contributed by atoms with van der Waals surface area (Å²) >= 11 is 0. The lowest BCUT2D eigenvalue weighted by atomic mass is 9.85. The molecule has 1 aromatic heterocycles. The smallest absolute Gasteiger partial charge is 0.416 e. The Hall–Kier alpha value is -3.64. The van der Waals surface area contributed by atoms with Crippen LogP contribution in [0.15, 0.2) is 24.5 Å². The molecule has 2 aliphatic rings. The van der Waals surface area contributed by atoms with E-state index in [0.29, 0.717) is 37.7 Å². The van der Waals surface area contributed by atoms with Gasteiger partial charge in [-0.2, -0.15) is 13.2 Å². The molecule has 4 N–H and O–H groups in total. The van der Waals surface area contributed by atoms with Crippen LogP contribution in [0.25, 0.3) is 10.9 Å². The van der Waals surface area contributed by atoms with E-state index in [0.717, 1.165) is 12.1 Å². The van der Waals surface area contributed by atoms with Gasteiger partial charge in [-0.3, -0.25) is 9.59 Å². The Morgan fingerprint density at radius 3 is 2.60 bits per heavy atom. The minimum Gasteiger partial charge on any atom is -0.465 e. The third-order valence-electron chi connectivity index (χ3n) is 6.44. The maximum Gasteiger partial charge on any atom is 0.416 e. The lowest BCUT2D eigenvalue weighted by molar-refractivity contribution is -0.137. The van der Waals surface area contributed by atoms with Crippen LogP contribution in [0.3, 0.4) is 0 Å². The van der Waals surface area contributed by atoms with Crippen LogP contribution < -0.4 is 16.0 Å². The number of carbonyl (C=O) groups is 3. The molecule has 1 saturated heterocycles. The first kappa shape index (κ1) is 24.5. The number of aromatic nitrogens is 2. The minimum atomic E-state index is -4.53. The molecule has 2 heterocycles. The van der Waals surface area contributed by atoms with Gasteiger partial charge in [0.05, 0.1) is 23.2 Å². The lowest BCUT2D eigenvalue weighted by Gasteiger charge is -2.41. The zero-order valence-electron chi connectivity index (χ0n) is 18.8. The Kier molecular flexibility index (Phi) is 6.68. The fourth-order valence-corrected chi connectivity index (χ4v) is 4.93. The molecule has 2 fully saturated rings. The number of carbonyl (C=O) groups excluding carboxylic acids is 2. The van der Waals surface area contributed by atoms with Crippen LogP contribution in [0, 0.1) is 0 Å². The standard InChI is InChI=1S/C22H25F3N6O4/c1-11(32)28-17-9-13(29-21(34)35)3-5-18(17)31-7-6-16(20(31)33)30-19-14-8-12(22(23,24)25)2-4-15(14)26-10-27-19/h2,4,8,10,13,16-18,29H,3,5-7,9H2,1H3,(H,28,32)(H,34,35)(H,26,27,30)/t13?,16?,17-,18+/m1/s1. The molecule has 0 spiro atoms. The summed E-state index contributed by atoms with van der Waals surface area (Å²) in [7, 11) is 0. The van der Waals surface area contributed by atoms with Crippen LogP contribution >= 0.6 is 0 Å². The molecule has 2 aromatic rings. The van der Waals surface area contributed by atoms with Crippen molar-refractivity contribution < 1.29 is 32.7 Å². The van der Waals surface area contributed by atoms with Crippen molar-refractivity contribution in [1.29, 1.82) is 0 Å². The third-order valence-corrected chi connectivity index (χ3v) is 6.44. The fraction of sp³-hybridized carbons (Fsp3) is 0.500. The second-order valence-corrected chi connectivity index (χ2v) is 8.80. The monoisotopic (exact) mass is 494 g/mol. The van der Waals surface area contributed by atoms with Gasteiger partial charge in [-0.05, 0) is 43.9 Å². The highest BCUT2D eigenvalue weighted by atomic mass is 19.4. The van der Waals surface area contributed by atoms with Gasteiger partial charge in [-0.1, -0.05) is 0 Å². The number of hydrogen-bond donors (Lipinski definition) is 4. The van der Waals surface area contributed by atoms with Crippen LogP contribution in [0.4, 0.5) is 23.8 Å². The van der Waals surface area contributed by atoms with E-state index in [1.807, 2.05) is 0 Å². The van der Waals surface area contributed by atoms with Gasteiger partial charge in [-0.25, -0.2) is 14.8 Å². The normalized spacial score (nSPS) is 24.9. The Bertz CT molecular complexity index is 1140. The fourth-order valence-electron chi connectivity index (χ4n) is 4.93. The number of anilines is 1. The van der Waals surface area contributed by atoms with Gasteiger partial charge >= 0.3 is 12.3 Å². The number of benzene rings is 1. The van der Waals surface area contributed by atoms with Gasteiger partial charge in [0.15, 0.2) is 0 Å². The zero-order valence-corrected chi connectivity index (χ0v) is 18.8. The van der Waals surface area contributed by atoms with Crippen molar-refractivity contribution in [3.05, 3.63) is 30.1 Å². The Morgan fingerprint density at radius 1 is 1.14 bits per heavy atom. The zero-order chi connectivity index (χ0) is 25.3. The summed E-state index contributed by atoms with van der Waals surface area (Å²) in [5.41, 5.74) is -0.528. The summed E-state index contributed by atoms with van der Waals surface area (Å²) in [5.74, 6) is -0.409. The number of carboxylic acid groups (broad SMARTS) is 1. The van der Waals surface area contributed by atoms with Crippen molar-refractivity contribution in [2.24, 2.45) is 0 Å². The lowest BCUT2D eigenvalue weighted by Crippen LogP contribution is -2.58. The van der Waals surface area contributed by atoms with Gasteiger partial charge in [0, 0.05) is 24.9 Å². The molecule has 1 aliphatic carbocycles. The molecular weight excluding hydrogens is 469 g/mol.